The van der Waals surface area contributed by atoms with E-state index in [9.17, 15) is 14.8 Å². The number of nitrogens with one attached hydrogen (secondary N) is 1. The first kappa shape index (κ1) is 19.4. The van der Waals surface area contributed by atoms with Crippen LogP contribution in [0.15, 0.2) is 5.16 Å². The molecular formula is C17H25N3O4S. The van der Waals surface area contributed by atoms with E-state index in [2.05, 4.69) is 10.5 Å². The summed E-state index contributed by atoms with van der Waals surface area (Å²) in [6.45, 7) is 7.81. The predicted octanol–water partition coefficient (Wildman–Crippen LogP) is 2.72. The van der Waals surface area contributed by atoms with Crippen molar-refractivity contribution in [3.8, 4) is 0 Å². The van der Waals surface area contributed by atoms with E-state index in [0.29, 0.717) is 29.1 Å². The lowest BCUT2D eigenvalue weighted by Gasteiger charge is -2.17. The van der Waals surface area contributed by atoms with Gasteiger partial charge < -0.3 is 15.3 Å². The molecule has 2 rings (SSSR count). The molecule has 0 bridgehead atoms. The van der Waals surface area contributed by atoms with Crippen LogP contribution in [0.2, 0.25) is 0 Å². The highest BCUT2D eigenvalue weighted by Gasteiger charge is 2.30. The summed E-state index contributed by atoms with van der Waals surface area (Å²) >= 11 is 1.28. The molecule has 1 aromatic heterocycles. The minimum atomic E-state index is -0.447. The summed E-state index contributed by atoms with van der Waals surface area (Å²) in [5, 5.41) is 15.9. The smallest absolute Gasteiger partial charge is 0.341 e. The monoisotopic (exact) mass is 367 g/mol. The number of hydrogen-bond acceptors (Lipinski definition) is 7. The maximum atomic E-state index is 12.4. The molecule has 8 heteroatoms. The number of likely N-dealkylation sites (N-methyl/N-ethyl adjacent to an activating group) is 1. The summed E-state index contributed by atoms with van der Waals surface area (Å²) in [7, 11) is 0. The summed E-state index contributed by atoms with van der Waals surface area (Å²) in [5.41, 5.74) is 1.76. The fourth-order valence-corrected chi connectivity index (χ4v) is 4.17. The number of thiophene rings is 1. The molecule has 0 unspecified atom stereocenters. The molecule has 0 fully saturated rings. The van der Waals surface area contributed by atoms with Crippen molar-refractivity contribution < 1.29 is 19.5 Å². The zero-order valence-electron chi connectivity index (χ0n) is 14.9. The van der Waals surface area contributed by atoms with Crippen LogP contribution >= 0.6 is 11.3 Å². The lowest BCUT2D eigenvalue weighted by molar-refractivity contribution is -0.117. The maximum Gasteiger partial charge on any atom is 0.341 e. The Balaban J connectivity index is 2.34. The Morgan fingerprint density at radius 1 is 1.28 bits per heavy atom. The average molecular weight is 367 g/mol. The van der Waals surface area contributed by atoms with Crippen molar-refractivity contribution in [2.75, 3.05) is 31.6 Å². The van der Waals surface area contributed by atoms with Crippen LogP contribution in [0.25, 0.3) is 0 Å². The second-order valence-corrected chi connectivity index (χ2v) is 6.76. The minimum absolute atomic E-state index is 0.171. The highest BCUT2D eigenvalue weighted by Crippen LogP contribution is 2.38. The highest BCUT2D eigenvalue weighted by molar-refractivity contribution is 7.19. The molecule has 2 N–H and O–H groups in total. The van der Waals surface area contributed by atoms with E-state index in [-0.39, 0.29) is 19.1 Å². The van der Waals surface area contributed by atoms with Crippen LogP contribution in [0.1, 0.15) is 54.4 Å². The molecule has 0 radical (unpaired) electrons. The number of fused-ring (bicyclic) bond motifs is 1. The van der Waals surface area contributed by atoms with E-state index in [4.69, 9.17) is 4.74 Å². The number of esters is 1. The molecule has 1 aromatic rings. The third kappa shape index (κ3) is 4.38. The van der Waals surface area contributed by atoms with Crippen molar-refractivity contribution in [1.82, 2.24) is 4.90 Å². The molecule has 0 saturated carbocycles. The van der Waals surface area contributed by atoms with Crippen LogP contribution in [0.5, 0.6) is 0 Å². The molecule has 1 amide bonds. The Bertz CT molecular complexity index is 665. The Morgan fingerprint density at radius 3 is 2.60 bits per heavy atom. The van der Waals surface area contributed by atoms with E-state index in [0.717, 1.165) is 30.0 Å². The van der Waals surface area contributed by atoms with Crippen molar-refractivity contribution in [1.29, 1.82) is 0 Å². The highest BCUT2D eigenvalue weighted by atomic mass is 32.1. The van der Waals surface area contributed by atoms with E-state index in [1.165, 1.54) is 11.3 Å². The lowest BCUT2D eigenvalue weighted by Crippen LogP contribution is -2.33. The SMILES string of the molecule is CCOC(=O)c1c(NC(=O)CN(CC)CC)sc2c1CCCC2=NO. The van der Waals surface area contributed by atoms with Crippen LogP contribution in [-0.2, 0) is 16.0 Å². The van der Waals surface area contributed by atoms with Gasteiger partial charge in [0.2, 0.25) is 5.91 Å². The molecule has 1 heterocycles. The number of amides is 1. The van der Waals surface area contributed by atoms with E-state index < -0.39 is 5.97 Å². The van der Waals surface area contributed by atoms with Crippen molar-refractivity contribution in [2.24, 2.45) is 5.16 Å². The van der Waals surface area contributed by atoms with Crippen LogP contribution < -0.4 is 5.32 Å². The van der Waals surface area contributed by atoms with Gasteiger partial charge >= 0.3 is 5.97 Å². The zero-order chi connectivity index (χ0) is 18.4. The number of hydrogen-bond donors (Lipinski definition) is 2. The number of carbonyl (C=O) groups is 2. The van der Waals surface area contributed by atoms with Crippen LogP contribution in [0.3, 0.4) is 0 Å². The quantitative estimate of drug-likeness (QED) is 0.439. The Hall–Kier alpha value is -1.93. The van der Waals surface area contributed by atoms with Gasteiger partial charge in [0, 0.05) is 0 Å². The molecule has 0 aliphatic heterocycles. The molecule has 1 aliphatic rings. The largest absolute Gasteiger partial charge is 0.462 e. The van der Waals surface area contributed by atoms with Gasteiger partial charge in [-0.2, -0.15) is 0 Å². The minimum Gasteiger partial charge on any atom is -0.462 e. The molecule has 0 aromatic carbocycles. The molecule has 7 nitrogen and oxygen atoms in total. The normalized spacial score (nSPS) is 15.3. The van der Waals surface area contributed by atoms with Gasteiger partial charge in [0.25, 0.3) is 0 Å². The van der Waals surface area contributed by atoms with Gasteiger partial charge in [0.05, 0.1) is 29.3 Å². The van der Waals surface area contributed by atoms with Gasteiger partial charge in [-0.05, 0) is 44.8 Å². The molecule has 138 valence electrons. The number of anilines is 1. The zero-order valence-corrected chi connectivity index (χ0v) is 15.7. The predicted molar refractivity (Wildman–Crippen MR) is 98.0 cm³/mol. The second-order valence-electron chi connectivity index (χ2n) is 5.74. The molecule has 0 spiro atoms. The third-order valence-electron chi connectivity index (χ3n) is 4.22. The summed E-state index contributed by atoms with van der Waals surface area (Å²) in [6.07, 6.45) is 2.15. The molecule has 1 aliphatic carbocycles. The van der Waals surface area contributed by atoms with Crippen LogP contribution in [-0.4, -0.2) is 53.9 Å². The molecule has 0 atom stereocenters. The Morgan fingerprint density at radius 2 is 2.00 bits per heavy atom. The molecule has 0 saturated heterocycles. The second kappa shape index (κ2) is 8.96. The Labute approximate surface area is 151 Å². The first-order valence-corrected chi connectivity index (χ1v) is 9.43. The molecular weight excluding hydrogens is 342 g/mol. The summed E-state index contributed by atoms with van der Waals surface area (Å²) in [4.78, 5) is 27.5. The van der Waals surface area contributed by atoms with Gasteiger partial charge in [0.15, 0.2) is 0 Å². The average Bonchev–Trinajstić information content (AvgIpc) is 2.97. The number of nitrogens with zero attached hydrogens (tertiary/aromatic N) is 2. The van der Waals surface area contributed by atoms with Gasteiger partial charge in [0.1, 0.15) is 5.00 Å². The fourth-order valence-electron chi connectivity index (χ4n) is 2.90. The summed E-state index contributed by atoms with van der Waals surface area (Å²) in [5.74, 6) is -0.618. The first-order chi connectivity index (χ1) is 12.0. The standard InChI is InChI=1S/C17H25N3O4S/c1-4-20(5-2)10-13(21)18-16-14(17(22)24-6-3)11-8-7-9-12(19-23)15(11)25-16/h23H,4-10H2,1-3H3,(H,18,21). The third-order valence-corrected chi connectivity index (χ3v) is 5.42. The summed E-state index contributed by atoms with van der Waals surface area (Å²) in [6, 6.07) is 0. The fraction of sp³-hybridized carbons (Fsp3) is 0.588. The number of rotatable bonds is 7. The van der Waals surface area contributed by atoms with Crippen molar-refractivity contribution in [3.05, 3.63) is 16.0 Å². The van der Waals surface area contributed by atoms with E-state index >= 15 is 0 Å². The van der Waals surface area contributed by atoms with Crippen LogP contribution in [0, 0.1) is 0 Å². The van der Waals surface area contributed by atoms with Gasteiger partial charge in [-0.15, -0.1) is 11.3 Å². The van der Waals surface area contributed by atoms with Gasteiger partial charge in [-0.1, -0.05) is 19.0 Å². The van der Waals surface area contributed by atoms with Crippen molar-refractivity contribution in [3.63, 3.8) is 0 Å². The van der Waals surface area contributed by atoms with Gasteiger partial charge in [-0.25, -0.2) is 4.79 Å². The van der Waals surface area contributed by atoms with E-state index in [1.54, 1.807) is 6.92 Å². The number of oxime groups is 1. The number of carbonyl (C=O) groups excluding carboxylic acids is 2. The van der Waals surface area contributed by atoms with Gasteiger partial charge in [-0.3, -0.25) is 9.69 Å². The van der Waals surface area contributed by atoms with Crippen LogP contribution in [0.4, 0.5) is 5.00 Å². The molecule has 25 heavy (non-hydrogen) atoms. The Kier molecular flexibility index (Phi) is 6.95. The topological polar surface area (TPSA) is 91.2 Å². The van der Waals surface area contributed by atoms with Crippen molar-refractivity contribution in [2.45, 2.75) is 40.0 Å². The lowest BCUT2D eigenvalue weighted by atomic mass is 9.94. The maximum absolute atomic E-state index is 12.4. The first-order valence-electron chi connectivity index (χ1n) is 8.61. The van der Waals surface area contributed by atoms with E-state index in [1.807, 2.05) is 18.7 Å². The summed E-state index contributed by atoms with van der Waals surface area (Å²) < 4.78 is 5.17. The number of ether oxygens (including phenoxy) is 1. The van der Waals surface area contributed by atoms with Crippen molar-refractivity contribution >= 4 is 33.9 Å².